The van der Waals surface area contributed by atoms with Crippen LogP contribution in [0, 0.1) is 5.92 Å². The number of carbonyl (C=O) groups excluding carboxylic acids is 8. The minimum Gasteiger partial charge on any atom is -0.370 e. The van der Waals surface area contributed by atoms with Crippen molar-refractivity contribution >= 4 is 110 Å². The number of hydrogen-bond acceptors (Lipinski definition) is 17. The molecule has 0 radical (unpaired) electrons. The van der Waals surface area contributed by atoms with Crippen molar-refractivity contribution in [2.24, 2.45) is 82.5 Å². The van der Waals surface area contributed by atoms with E-state index in [1.807, 2.05) is 50.3 Å². The fourth-order valence-electron chi connectivity index (χ4n) is 11.4. The molecule has 34 heteroatoms. The average molecular weight is 1410 g/mol. The van der Waals surface area contributed by atoms with Crippen LogP contribution in [0.2, 0.25) is 0 Å². The van der Waals surface area contributed by atoms with Gasteiger partial charge in [-0.15, -0.1) is 11.8 Å². The van der Waals surface area contributed by atoms with Gasteiger partial charge in [-0.1, -0.05) is 77.5 Å². The van der Waals surface area contributed by atoms with Gasteiger partial charge in [-0.2, -0.15) is 8.42 Å². The second-order valence-corrected chi connectivity index (χ2v) is 27.9. The van der Waals surface area contributed by atoms with E-state index < -0.39 is 92.2 Å². The Morgan fingerprint density at radius 3 is 1.70 bits per heavy atom. The molecule has 0 saturated carbocycles. The van der Waals surface area contributed by atoms with Gasteiger partial charge in [0.05, 0.1) is 21.5 Å². The zero-order valence-electron chi connectivity index (χ0n) is 56.9. The highest BCUT2D eigenvalue weighted by Crippen LogP contribution is 2.48. The number of rotatable bonds is 41. The van der Waals surface area contributed by atoms with Crippen LogP contribution < -0.4 is 83.1 Å². The van der Waals surface area contributed by atoms with Crippen molar-refractivity contribution in [3.8, 4) is 0 Å². The zero-order valence-corrected chi connectivity index (χ0v) is 58.5. The first-order valence-electron chi connectivity index (χ1n) is 32.8. The van der Waals surface area contributed by atoms with Gasteiger partial charge in [-0.05, 0) is 112 Å². The molecule has 0 aromatic heterocycles. The number of primary amides is 1. The summed E-state index contributed by atoms with van der Waals surface area (Å²) in [5, 5.41) is 12.5. The van der Waals surface area contributed by atoms with Gasteiger partial charge in [0.1, 0.15) is 24.2 Å². The van der Waals surface area contributed by atoms with Gasteiger partial charge in [0.15, 0.2) is 23.8 Å². The quantitative estimate of drug-likeness (QED) is 0.0103. The lowest BCUT2D eigenvalue weighted by Gasteiger charge is -2.27. The summed E-state index contributed by atoms with van der Waals surface area (Å²) >= 11 is 0.922. The highest BCUT2D eigenvalue weighted by atomic mass is 32.2. The van der Waals surface area contributed by atoms with Crippen molar-refractivity contribution in [3.05, 3.63) is 89.7 Å². The minimum atomic E-state index is -4.38. The van der Waals surface area contributed by atoms with Gasteiger partial charge in [0.2, 0.25) is 47.3 Å². The summed E-state index contributed by atoms with van der Waals surface area (Å²) in [5.74, 6) is -6.78. The molecule has 3 heterocycles. The van der Waals surface area contributed by atoms with Crippen LogP contribution in [0.3, 0.4) is 0 Å². The van der Waals surface area contributed by atoms with Crippen molar-refractivity contribution in [3.63, 3.8) is 0 Å². The Balaban J connectivity index is 1.14. The van der Waals surface area contributed by atoms with E-state index in [2.05, 4.69) is 83.5 Å². The fourth-order valence-corrected chi connectivity index (χ4v) is 13.1. The lowest BCUT2D eigenvalue weighted by atomic mass is 9.81. The predicted molar refractivity (Wildman–Crippen MR) is 384 cm³/mol. The average Bonchev–Trinajstić information content (AvgIpc) is 1.62. The van der Waals surface area contributed by atoms with Crippen molar-refractivity contribution in [2.75, 3.05) is 56.5 Å². The number of thioether (sulfide) groups is 1. The molecule has 0 spiro atoms. The number of aliphatic imine (C=N–C) groups is 5. The number of unbranched alkanes of at least 4 members (excludes halogenated alkanes) is 2. The van der Waals surface area contributed by atoms with Crippen LogP contribution >= 0.6 is 11.8 Å². The maximum atomic E-state index is 14.3. The zero-order chi connectivity index (χ0) is 73.2. The molecule has 2 aromatic carbocycles. The van der Waals surface area contributed by atoms with E-state index in [0.29, 0.717) is 37.1 Å². The van der Waals surface area contributed by atoms with Gasteiger partial charge >= 0.3 is 0 Å². The smallest absolute Gasteiger partial charge is 0.294 e. The molecule has 0 bridgehead atoms. The molecule has 5 rings (SSSR count). The molecular weight excluding hydrogens is 1310 g/mol. The lowest BCUT2D eigenvalue weighted by molar-refractivity contribution is -0.138. The Morgan fingerprint density at radius 1 is 0.636 bits per heavy atom. The van der Waals surface area contributed by atoms with E-state index in [4.69, 9.17) is 56.6 Å². The molecule has 0 aliphatic carbocycles. The Labute approximate surface area is 582 Å². The van der Waals surface area contributed by atoms with Crippen LogP contribution in [0.4, 0.5) is 11.4 Å². The number of anilines is 1. The monoisotopic (exact) mass is 1410 g/mol. The van der Waals surface area contributed by atoms with Gasteiger partial charge < -0.3 is 83.1 Å². The number of benzene rings is 2. The molecule has 542 valence electrons. The summed E-state index contributed by atoms with van der Waals surface area (Å²) in [5.41, 5.74) is 54.4. The normalized spacial score (nSPS) is 17.1. The summed E-state index contributed by atoms with van der Waals surface area (Å²) in [6, 6.07) is 7.29. The van der Waals surface area contributed by atoms with Crippen LogP contribution in [0.1, 0.15) is 129 Å². The molecule has 8 amide bonds. The number of amides is 8. The SMILES string of the molecule is C[C@H](CCCN=C(N)N)C(=O)N[C@H](CCCN=C(N)N)C(=O)N[C@H](CCCN=C(N)N)C(=O)N[C@H](CCCN=C(N)N)C(=O)N[C@H](CSC1CC(=O)N(CCNC(=O)CCCCCN2/C(=C/C=C/C=C/C3=Nc4ccc(S(=O)(=O)O)cc4C3(C)C)C(C)(C)c3ccccc32)C1=O)C(N)=O. The van der Waals surface area contributed by atoms with Gasteiger partial charge in [-0.25, -0.2) is 0 Å². The third-order valence-electron chi connectivity index (χ3n) is 16.9. The number of nitrogens with two attached hydrogens (primary N) is 9. The van der Waals surface area contributed by atoms with Crippen LogP contribution in [0.5, 0.6) is 0 Å². The highest BCUT2D eigenvalue weighted by molar-refractivity contribution is 8.00. The van der Waals surface area contributed by atoms with E-state index >= 15 is 0 Å². The fraction of sp³-hybridized carbons (Fsp3) is 0.523. The molecule has 1 unspecified atom stereocenters. The second-order valence-electron chi connectivity index (χ2n) is 25.3. The van der Waals surface area contributed by atoms with E-state index in [9.17, 15) is 51.3 Å². The summed E-state index contributed by atoms with van der Waals surface area (Å²) < 4.78 is 33.3. The van der Waals surface area contributed by atoms with Gasteiger partial charge in [0, 0.05) is 92.5 Å². The molecule has 99 heavy (non-hydrogen) atoms. The Kier molecular flexibility index (Phi) is 30.7. The Morgan fingerprint density at radius 2 is 1.16 bits per heavy atom. The summed E-state index contributed by atoms with van der Waals surface area (Å²) in [6.45, 7) is 11.0. The van der Waals surface area contributed by atoms with Crippen molar-refractivity contribution in [1.29, 1.82) is 0 Å². The number of imide groups is 1. The molecule has 3 aliphatic rings. The number of para-hydroxylation sites is 1. The van der Waals surface area contributed by atoms with E-state index in [0.717, 1.165) is 46.6 Å². The van der Waals surface area contributed by atoms with Crippen molar-refractivity contribution in [2.45, 2.75) is 163 Å². The first kappa shape index (κ1) is 80.1. The summed E-state index contributed by atoms with van der Waals surface area (Å²) in [4.78, 5) is 133. The first-order chi connectivity index (χ1) is 46.7. The second kappa shape index (κ2) is 38.0. The molecule has 24 N–H and O–H groups in total. The largest absolute Gasteiger partial charge is 0.370 e. The van der Waals surface area contributed by atoms with Crippen LogP contribution in [0.25, 0.3) is 0 Å². The molecular formula is C65H99N21O11S2. The lowest BCUT2D eigenvalue weighted by Crippen LogP contribution is -2.58. The van der Waals surface area contributed by atoms with Crippen LogP contribution in [0.15, 0.2) is 108 Å². The molecule has 6 atom stereocenters. The predicted octanol–water partition coefficient (Wildman–Crippen LogP) is -0.0966. The number of hydrogen-bond donors (Lipinski definition) is 15. The Bertz CT molecular complexity index is 3590. The maximum Gasteiger partial charge on any atom is 0.294 e. The standard InChI is InChI=1S/C65H99N21O11S2/c1-39(18-14-29-76-60(67)68)55(90)81-44(20-15-30-77-61(69)70)56(91)82-45(21-16-31-78-62(71)72)57(92)83-46(22-17-32-79-63(73)74)58(93)84-47(54(66)89)38-98-49-37-53(88)86(59(49)94)35-33-75-52(87)26-10-7-13-34-85-48-23-12-11-19-41(48)65(4,5)51(85)25-9-6-8-24-50-64(2,3)42-36-40(99(95,96)97)27-28-43(42)80-50/h6,8-9,11-12,19,23-25,27-28,36,39,44-47,49H,7,10,13-18,20-22,26,29-35,37-38H2,1-5H3,(H2,66,89)(H,75,87)(H,81,90)(H,82,91)(H,83,92)(H,84,93)(H4,67,68,76)(H4,69,70,77)(H4,71,72,78)(H4,73,74,79)(H,95,96,97)/b9-6+,24-8+,51-25+/t39-,44-,45-,46-,47-,49?/m1/s1. The van der Waals surface area contributed by atoms with Crippen LogP contribution in [-0.4, -0.2) is 176 Å². The Hall–Kier alpha value is -9.57. The summed E-state index contributed by atoms with van der Waals surface area (Å²) in [6.07, 6.45) is 13.1. The van der Waals surface area contributed by atoms with Gasteiger partial charge in [-0.3, -0.25) is 72.8 Å². The number of nitrogens with one attached hydrogen (secondary N) is 5. The van der Waals surface area contributed by atoms with Crippen LogP contribution in [-0.2, 0) is 59.3 Å². The molecule has 1 saturated heterocycles. The topological polar surface area (TPSA) is 554 Å². The molecule has 1 fully saturated rings. The molecule has 3 aliphatic heterocycles. The number of allylic oxidation sites excluding steroid dienone is 6. The third-order valence-corrected chi connectivity index (χ3v) is 19.0. The van der Waals surface area contributed by atoms with E-state index in [1.165, 1.54) is 17.7 Å². The number of guanidine groups is 4. The first-order valence-corrected chi connectivity index (χ1v) is 35.3. The highest BCUT2D eigenvalue weighted by Gasteiger charge is 2.42. The third kappa shape index (κ3) is 24.7. The number of fused-ring (bicyclic) bond motifs is 2. The number of carbonyl (C=O) groups is 8. The number of nitrogens with zero attached hydrogens (tertiary/aromatic N) is 7. The number of likely N-dealkylation sites (tertiary alicyclic amines) is 1. The van der Waals surface area contributed by atoms with Crippen molar-refractivity contribution in [1.82, 2.24) is 31.5 Å². The maximum absolute atomic E-state index is 14.3. The van der Waals surface area contributed by atoms with E-state index in [-0.39, 0.29) is 136 Å². The minimum absolute atomic E-state index is 0.000538. The van der Waals surface area contributed by atoms with Gasteiger partial charge in [0.25, 0.3) is 10.1 Å². The van der Waals surface area contributed by atoms with E-state index in [1.54, 1.807) is 13.0 Å². The van der Waals surface area contributed by atoms with Crippen molar-refractivity contribution < 1.29 is 51.3 Å². The molecule has 2 aromatic rings. The molecule has 32 nitrogen and oxygen atoms in total. The summed E-state index contributed by atoms with van der Waals surface area (Å²) in [7, 11) is -4.38.